The van der Waals surface area contributed by atoms with Crippen LogP contribution >= 0.6 is 0 Å². The number of amides is 2. The lowest BCUT2D eigenvalue weighted by Crippen LogP contribution is -2.37. The van der Waals surface area contributed by atoms with E-state index in [-0.39, 0.29) is 24.2 Å². The summed E-state index contributed by atoms with van der Waals surface area (Å²) in [4.78, 5) is 26.1. The zero-order chi connectivity index (χ0) is 15.5. The van der Waals surface area contributed by atoms with Crippen LogP contribution in [0.5, 0.6) is 5.75 Å². The van der Waals surface area contributed by atoms with Gasteiger partial charge in [0.25, 0.3) is 0 Å². The predicted octanol–water partition coefficient (Wildman–Crippen LogP) is 1.96. The Bertz CT molecular complexity index is 569. The lowest BCUT2D eigenvalue weighted by molar-refractivity contribution is -0.126. The molecule has 118 valence electrons. The van der Waals surface area contributed by atoms with Crippen LogP contribution in [0.3, 0.4) is 0 Å². The molecule has 1 aliphatic heterocycles. The number of ether oxygens (including phenoxy) is 1. The van der Waals surface area contributed by atoms with E-state index in [1.165, 1.54) is 19.3 Å². The average Bonchev–Trinajstić information content (AvgIpc) is 2.87. The Labute approximate surface area is 130 Å². The normalized spacial score (nSPS) is 21.6. The summed E-state index contributed by atoms with van der Waals surface area (Å²) in [6.07, 6.45) is 3.97. The zero-order valence-corrected chi connectivity index (χ0v) is 12.9. The lowest BCUT2D eigenvalue weighted by Gasteiger charge is -2.26. The molecule has 2 amide bonds. The fourth-order valence-electron chi connectivity index (χ4n) is 3.00. The molecule has 1 aliphatic carbocycles. The third kappa shape index (κ3) is 3.08. The summed E-state index contributed by atoms with van der Waals surface area (Å²) in [7, 11) is 1.60. The minimum Gasteiger partial charge on any atom is -0.497 e. The predicted molar refractivity (Wildman–Crippen MR) is 83.8 cm³/mol. The number of benzene rings is 1. The molecule has 1 heterocycles. The average molecular weight is 302 g/mol. The Morgan fingerprint density at radius 3 is 2.91 bits per heavy atom. The second-order valence-corrected chi connectivity index (χ2v) is 6.15. The van der Waals surface area contributed by atoms with Gasteiger partial charge in [-0.1, -0.05) is 12.5 Å². The Morgan fingerprint density at radius 1 is 1.41 bits per heavy atom. The topological polar surface area (TPSA) is 58.6 Å². The number of methoxy groups -OCH3 is 1. The summed E-state index contributed by atoms with van der Waals surface area (Å²) >= 11 is 0. The first-order chi connectivity index (χ1) is 10.7. The van der Waals surface area contributed by atoms with Crippen LogP contribution in [0.1, 0.15) is 25.7 Å². The molecule has 5 heteroatoms. The molecule has 2 aliphatic rings. The van der Waals surface area contributed by atoms with Crippen molar-refractivity contribution in [3.05, 3.63) is 24.3 Å². The molecular weight excluding hydrogens is 280 g/mol. The van der Waals surface area contributed by atoms with Gasteiger partial charge in [0.15, 0.2) is 0 Å². The van der Waals surface area contributed by atoms with Gasteiger partial charge in [0, 0.05) is 31.3 Å². The van der Waals surface area contributed by atoms with E-state index in [9.17, 15) is 9.59 Å². The minimum absolute atomic E-state index is 0.00273. The third-order valence-corrected chi connectivity index (χ3v) is 4.65. The summed E-state index contributed by atoms with van der Waals surface area (Å²) < 4.78 is 5.19. The van der Waals surface area contributed by atoms with Crippen molar-refractivity contribution in [3.8, 4) is 5.75 Å². The number of anilines is 1. The van der Waals surface area contributed by atoms with Gasteiger partial charge in [0.1, 0.15) is 5.75 Å². The van der Waals surface area contributed by atoms with E-state index >= 15 is 0 Å². The number of nitrogens with one attached hydrogen (secondary N) is 1. The van der Waals surface area contributed by atoms with Gasteiger partial charge in [-0.2, -0.15) is 0 Å². The van der Waals surface area contributed by atoms with Crippen molar-refractivity contribution in [1.82, 2.24) is 5.32 Å². The fourth-order valence-corrected chi connectivity index (χ4v) is 3.00. The van der Waals surface area contributed by atoms with Crippen LogP contribution in [0.25, 0.3) is 0 Å². The number of carbonyl (C=O) groups is 2. The molecular formula is C17H22N2O3. The zero-order valence-electron chi connectivity index (χ0n) is 12.9. The van der Waals surface area contributed by atoms with Crippen LogP contribution in [0.15, 0.2) is 24.3 Å². The monoisotopic (exact) mass is 302 g/mol. The van der Waals surface area contributed by atoms with E-state index in [0.29, 0.717) is 18.2 Å². The number of carbonyl (C=O) groups excluding carboxylic acids is 2. The molecule has 0 radical (unpaired) electrons. The Morgan fingerprint density at radius 2 is 2.23 bits per heavy atom. The molecule has 2 fully saturated rings. The van der Waals surface area contributed by atoms with Gasteiger partial charge in [-0.15, -0.1) is 0 Å². The first-order valence-corrected chi connectivity index (χ1v) is 7.89. The fraction of sp³-hybridized carbons (Fsp3) is 0.529. The smallest absolute Gasteiger partial charge is 0.227 e. The van der Waals surface area contributed by atoms with Gasteiger partial charge in [0.2, 0.25) is 11.8 Å². The van der Waals surface area contributed by atoms with Crippen LogP contribution < -0.4 is 15.0 Å². The van der Waals surface area contributed by atoms with Gasteiger partial charge >= 0.3 is 0 Å². The highest BCUT2D eigenvalue weighted by Crippen LogP contribution is 2.28. The van der Waals surface area contributed by atoms with E-state index in [4.69, 9.17) is 4.74 Å². The molecule has 0 unspecified atom stereocenters. The number of hydrogen-bond donors (Lipinski definition) is 1. The highest BCUT2D eigenvalue weighted by Gasteiger charge is 2.35. The highest BCUT2D eigenvalue weighted by molar-refractivity contribution is 6.00. The molecule has 5 nitrogen and oxygen atoms in total. The molecule has 3 rings (SSSR count). The quantitative estimate of drug-likeness (QED) is 0.904. The molecule has 1 saturated carbocycles. The summed E-state index contributed by atoms with van der Waals surface area (Å²) in [6.45, 7) is 1.20. The van der Waals surface area contributed by atoms with E-state index < -0.39 is 0 Å². The first kappa shape index (κ1) is 14.9. The SMILES string of the molecule is COc1cccc(N2C[C@@H](C(=O)NCC3CCC3)CC2=O)c1. The molecule has 1 atom stereocenters. The van der Waals surface area contributed by atoms with Crippen molar-refractivity contribution in [2.45, 2.75) is 25.7 Å². The lowest BCUT2D eigenvalue weighted by atomic mass is 9.85. The van der Waals surface area contributed by atoms with E-state index in [1.807, 2.05) is 24.3 Å². The molecule has 22 heavy (non-hydrogen) atoms. The van der Waals surface area contributed by atoms with Crippen molar-refractivity contribution >= 4 is 17.5 Å². The second-order valence-electron chi connectivity index (χ2n) is 6.15. The largest absolute Gasteiger partial charge is 0.497 e. The van der Waals surface area contributed by atoms with Gasteiger partial charge in [-0.05, 0) is 30.9 Å². The highest BCUT2D eigenvalue weighted by atomic mass is 16.5. The Kier molecular flexibility index (Phi) is 4.32. The van der Waals surface area contributed by atoms with E-state index in [0.717, 1.165) is 12.2 Å². The van der Waals surface area contributed by atoms with Gasteiger partial charge in [-0.3, -0.25) is 9.59 Å². The minimum atomic E-state index is -0.251. The van der Waals surface area contributed by atoms with E-state index in [1.54, 1.807) is 12.0 Å². The first-order valence-electron chi connectivity index (χ1n) is 7.89. The van der Waals surface area contributed by atoms with Gasteiger partial charge in [0.05, 0.1) is 13.0 Å². The van der Waals surface area contributed by atoms with Gasteiger partial charge < -0.3 is 15.0 Å². The Balaban J connectivity index is 1.60. The second kappa shape index (κ2) is 6.38. The summed E-state index contributed by atoms with van der Waals surface area (Å²) in [5, 5.41) is 3.00. The van der Waals surface area contributed by atoms with Crippen molar-refractivity contribution in [2.24, 2.45) is 11.8 Å². The molecule has 1 aromatic carbocycles. The third-order valence-electron chi connectivity index (χ3n) is 4.65. The summed E-state index contributed by atoms with van der Waals surface area (Å²) in [6, 6.07) is 7.39. The molecule has 1 N–H and O–H groups in total. The molecule has 0 aromatic heterocycles. The van der Waals surface area contributed by atoms with E-state index in [2.05, 4.69) is 5.32 Å². The van der Waals surface area contributed by atoms with Crippen molar-refractivity contribution in [2.75, 3.05) is 25.1 Å². The van der Waals surface area contributed by atoms with Crippen LogP contribution in [0, 0.1) is 11.8 Å². The van der Waals surface area contributed by atoms with Crippen LogP contribution in [0.4, 0.5) is 5.69 Å². The molecule has 1 aromatic rings. The summed E-state index contributed by atoms with van der Waals surface area (Å²) in [5.41, 5.74) is 0.790. The van der Waals surface area contributed by atoms with Gasteiger partial charge in [-0.25, -0.2) is 0 Å². The Hall–Kier alpha value is -2.04. The number of hydrogen-bond acceptors (Lipinski definition) is 3. The maximum atomic E-state index is 12.2. The maximum absolute atomic E-state index is 12.2. The number of rotatable bonds is 5. The van der Waals surface area contributed by atoms with Crippen LogP contribution in [-0.4, -0.2) is 32.0 Å². The van der Waals surface area contributed by atoms with Crippen molar-refractivity contribution < 1.29 is 14.3 Å². The number of nitrogens with zero attached hydrogens (tertiary/aromatic N) is 1. The van der Waals surface area contributed by atoms with Crippen LogP contribution in [-0.2, 0) is 9.59 Å². The maximum Gasteiger partial charge on any atom is 0.227 e. The van der Waals surface area contributed by atoms with Crippen LogP contribution in [0.2, 0.25) is 0 Å². The van der Waals surface area contributed by atoms with Crippen molar-refractivity contribution in [1.29, 1.82) is 0 Å². The molecule has 0 bridgehead atoms. The molecule has 1 saturated heterocycles. The molecule has 0 spiro atoms. The summed E-state index contributed by atoms with van der Waals surface area (Å²) in [5.74, 6) is 1.10. The standard InChI is InChI=1S/C17H22N2O3/c1-22-15-7-3-6-14(9-15)19-11-13(8-16(19)20)17(21)18-10-12-4-2-5-12/h3,6-7,9,12-13H,2,4-5,8,10-11H2,1H3,(H,18,21)/t13-/m0/s1. The van der Waals surface area contributed by atoms with Crippen molar-refractivity contribution in [3.63, 3.8) is 0 Å².